The first-order valence-electron chi connectivity index (χ1n) is 10.6. The van der Waals surface area contributed by atoms with Crippen LogP contribution < -0.4 is 10.6 Å². The first kappa shape index (κ1) is 22.2. The van der Waals surface area contributed by atoms with Crippen LogP contribution in [0.3, 0.4) is 0 Å². The van der Waals surface area contributed by atoms with E-state index in [1.54, 1.807) is 11.3 Å². The van der Waals surface area contributed by atoms with Crippen molar-refractivity contribution in [3.05, 3.63) is 29.3 Å². The predicted molar refractivity (Wildman–Crippen MR) is 123 cm³/mol. The van der Waals surface area contributed by atoms with Gasteiger partial charge in [0.2, 0.25) is 5.95 Å². The van der Waals surface area contributed by atoms with E-state index in [2.05, 4.69) is 55.4 Å². The quantitative estimate of drug-likeness (QED) is 0.591. The molecule has 0 bridgehead atoms. The molecule has 1 aliphatic heterocycles. The molecule has 0 atom stereocenters. The maximum atomic E-state index is 9.88. The Kier molecular flexibility index (Phi) is 6.37. The van der Waals surface area contributed by atoms with Crippen molar-refractivity contribution in [3.63, 3.8) is 0 Å². The minimum Gasteiger partial charge on any atom is -0.390 e. The van der Waals surface area contributed by atoms with E-state index in [0.29, 0.717) is 12.0 Å². The van der Waals surface area contributed by atoms with E-state index in [9.17, 15) is 5.11 Å². The minimum absolute atomic E-state index is 0.0861. The monoisotopic (exact) mass is 416 g/mol. The average molecular weight is 417 g/mol. The van der Waals surface area contributed by atoms with Crippen molar-refractivity contribution in [2.24, 2.45) is 0 Å². The Morgan fingerprint density at radius 1 is 1.17 bits per heavy atom. The summed E-state index contributed by atoms with van der Waals surface area (Å²) in [5.41, 5.74) is 0.546. The molecule has 6 heteroatoms. The average Bonchev–Trinajstić information content (AvgIpc) is 2.99. The fourth-order valence-corrected chi connectivity index (χ4v) is 5.54. The fraction of sp³-hybridized carbons (Fsp3) is 0.652. The van der Waals surface area contributed by atoms with Gasteiger partial charge >= 0.3 is 0 Å². The second-order valence-electron chi connectivity index (χ2n) is 10.3. The molecular formula is C23H36N4OS. The van der Waals surface area contributed by atoms with Crippen LogP contribution in [0.2, 0.25) is 0 Å². The molecule has 0 aromatic carbocycles. The van der Waals surface area contributed by atoms with Gasteiger partial charge in [-0.3, -0.25) is 0 Å². The Hall–Kier alpha value is -1.50. The van der Waals surface area contributed by atoms with Crippen LogP contribution in [0.15, 0.2) is 24.4 Å². The third kappa shape index (κ3) is 6.76. The molecule has 5 nitrogen and oxygen atoms in total. The van der Waals surface area contributed by atoms with Crippen LogP contribution in [-0.2, 0) is 6.42 Å². The van der Waals surface area contributed by atoms with Gasteiger partial charge in [0.1, 0.15) is 0 Å². The molecule has 1 aliphatic rings. The SMILES string of the molecule is CC(C)(O)CCCc1ccc(-c2ccnc(NC3CC(C)(C)NC(C)(C)C3)n2)s1. The van der Waals surface area contributed by atoms with Gasteiger partial charge in [0.15, 0.2) is 0 Å². The second kappa shape index (κ2) is 8.32. The summed E-state index contributed by atoms with van der Waals surface area (Å²) in [7, 11) is 0. The summed E-state index contributed by atoms with van der Waals surface area (Å²) in [6, 6.07) is 6.65. The maximum absolute atomic E-state index is 9.88. The number of rotatable bonds is 7. The zero-order chi connectivity index (χ0) is 21.3. The number of piperidine rings is 1. The Balaban J connectivity index is 1.66. The van der Waals surface area contributed by atoms with E-state index in [1.807, 2.05) is 26.1 Å². The zero-order valence-electron chi connectivity index (χ0n) is 18.7. The van der Waals surface area contributed by atoms with E-state index in [4.69, 9.17) is 4.98 Å². The lowest BCUT2D eigenvalue weighted by atomic mass is 9.80. The summed E-state index contributed by atoms with van der Waals surface area (Å²) in [6.45, 7) is 12.8. The van der Waals surface area contributed by atoms with E-state index in [1.165, 1.54) is 9.75 Å². The number of aromatic nitrogens is 2. The lowest BCUT2D eigenvalue weighted by molar-refractivity contribution is 0.0690. The molecule has 0 amide bonds. The van der Waals surface area contributed by atoms with Crippen molar-refractivity contribution in [3.8, 4) is 10.6 Å². The number of hydrogen-bond donors (Lipinski definition) is 3. The summed E-state index contributed by atoms with van der Waals surface area (Å²) in [4.78, 5) is 11.8. The van der Waals surface area contributed by atoms with Crippen molar-refractivity contribution in [2.45, 2.75) is 96.4 Å². The van der Waals surface area contributed by atoms with E-state index >= 15 is 0 Å². The van der Waals surface area contributed by atoms with Crippen molar-refractivity contribution >= 4 is 17.3 Å². The summed E-state index contributed by atoms with van der Waals surface area (Å²) in [5, 5.41) is 17.2. The first-order chi connectivity index (χ1) is 13.4. The van der Waals surface area contributed by atoms with Crippen LogP contribution in [-0.4, -0.2) is 37.8 Å². The molecule has 2 aromatic heterocycles. The van der Waals surface area contributed by atoms with E-state index in [-0.39, 0.29) is 11.1 Å². The van der Waals surface area contributed by atoms with Crippen LogP contribution in [0.25, 0.3) is 10.6 Å². The molecule has 160 valence electrons. The van der Waals surface area contributed by atoms with Crippen LogP contribution in [0.1, 0.15) is 72.1 Å². The van der Waals surface area contributed by atoms with Crippen molar-refractivity contribution in [2.75, 3.05) is 5.32 Å². The molecular weight excluding hydrogens is 380 g/mol. The molecule has 0 spiro atoms. The van der Waals surface area contributed by atoms with Gasteiger partial charge in [-0.15, -0.1) is 11.3 Å². The largest absolute Gasteiger partial charge is 0.390 e. The number of anilines is 1. The van der Waals surface area contributed by atoms with E-state index in [0.717, 1.165) is 37.8 Å². The van der Waals surface area contributed by atoms with Gasteiger partial charge < -0.3 is 15.7 Å². The van der Waals surface area contributed by atoms with Gasteiger partial charge in [-0.2, -0.15) is 0 Å². The molecule has 3 rings (SSSR count). The van der Waals surface area contributed by atoms with Gasteiger partial charge in [-0.1, -0.05) is 0 Å². The Morgan fingerprint density at radius 3 is 2.52 bits per heavy atom. The second-order valence-corrected chi connectivity index (χ2v) is 11.5. The molecule has 3 N–H and O–H groups in total. The van der Waals surface area contributed by atoms with Crippen LogP contribution >= 0.6 is 11.3 Å². The smallest absolute Gasteiger partial charge is 0.223 e. The van der Waals surface area contributed by atoms with Gasteiger partial charge in [0.05, 0.1) is 16.2 Å². The van der Waals surface area contributed by atoms with Gasteiger partial charge in [-0.25, -0.2) is 9.97 Å². The maximum Gasteiger partial charge on any atom is 0.223 e. The summed E-state index contributed by atoms with van der Waals surface area (Å²) < 4.78 is 0. The molecule has 0 radical (unpaired) electrons. The highest BCUT2D eigenvalue weighted by Gasteiger charge is 2.37. The molecule has 0 aliphatic carbocycles. The standard InChI is InChI=1S/C23H36N4OS/c1-21(2)14-16(15-22(3,4)27-21)25-20-24-13-11-18(26-20)19-10-9-17(29-19)8-7-12-23(5,6)28/h9-11,13,16,27-28H,7-8,12,14-15H2,1-6H3,(H,24,25,26). The highest BCUT2D eigenvalue weighted by molar-refractivity contribution is 7.15. The molecule has 3 heterocycles. The topological polar surface area (TPSA) is 70.1 Å². The van der Waals surface area contributed by atoms with Gasteiger partial charge in [-0.05, 0) is 91.8 Å². The third-order valence-electron chi connectivity index (χ3n) is 5.30. The van der Waals surface area contributed by atoms with Gasteiger partial charge in [0, 0.05) is 28.2 Å². The number of hydrogen-bond acceptors (Lipinski definition) is 6. The Bertz CT molecular complexity index is 806. The van der Waals surface area contributed by atoms with Crippen molar-refractivity contribution in [1.29, 1.82) is 0 Å². The van der Waals surface area contributed by atoms with Crippen LogP contribution in [0.4, 0.5) is 5.95 Å². The highest BCUT2D eigenvalue weighted by atomic mass is 32.1. The van der Waals surface area contributed by atoms with E-state index < -0.39 is 5.60 Å². The molecule has 0 unspecified atom stereocenters. The molecule has 1 saturated heterocycles. The van der Waals surface area contributed by atoms with Crippen molar-refractivity contribution < 1.29 is 5.11 Å². The number of aryl methyl sites for hydroxylation is 1. The lowest BCUT2D eigenvalue weighted by Crippen LogP contribution is -2.60. The Morgan fingerprint density at radius 2 is 1.86 bits per heavy atom. The zero-order valence-corrected chi connectivity index (χ0v) is 19.5. The predicted octanol–water partition coefficient (Wildman–Crippen LogP) is 5.02. The third-order valence-corrected chi connectivity index (χ3v) is 6.47. The molecule has 29 heavy (non-hydrogen) atoms. The molecule has 1 fully saturated rings. The van der Waals surface area contributed by atoms with Gasteiger partial charge in [0.25, 0.3) is 0 Å². The van der Waals surface area contributed by atoms with Crippen LogP contribution in [0.5, 0.6) is 0 Å². The summed E-state index contributed by atoms with van der Waals surface area (Å²) in [5.74, 6) is 0.706. The summed E-state index contributed by atoms with van der Waals surface area (Å²) >= 11 is 1.78. The Labute approximate surface area is 179 Å². The number of nitrogens with zero attached hydrogens (tertiary/aromatic N) is 2. The number of thiophene rings is 1. The number of nitrogens with one attached hydrogen (secondary N) is 2. The van der Waals surface area contributed by atoms with Crippen molar-refractivity contribution in [1.82, 2.24) is 15.3 Å². The first-order valence-corrected chi connectivity index (χ1v) is 11.4. The fourth-order valence-electron chi connectivity index (χ4n) is 4.52. The molecule has 2 aromatic rings. The highest BCUT2D eigenvalue weighted by Crippen LogP contribution is 2.31. The normalized spacial score (nSPS) is 19.3. The summed E-state index contributed by atoms with van der Waals surface area (Å²) in [6.07, 6.45) is 6.70. The van der Waals surface area contributed by atoms with Crippen LogP contribution in [0, 0.1) is 0 Å². The minimum atomic E-state index is -0.592. The lowest BCUT2D eigenvalue weighted by Gasteiger charge is -2.46. The molecule has 0 saturated carbocycles. The number of aliphatic hydroxyl groups is 1.